The summed E-state index contributed by atoms with van der Waals surface area (Å²) in [7, 11) is 0. The van der Waals surface area contributed by atoms with E-state index in [1.165, 1.54) is 12.8 Å². The molecule has 0 amide bonds. The Labute approximate surface area is 181 Å². The van der Waals surface area contributed by atoms with Crippen LogP contribution in [0.25, 0.3) is 21.7 Å². The second kappa shape index (κ2) is 7.63. The Morgan fingerprint density at radius 2 is 2.10 bits per heavy atom. The van der Waals surface area contributed by atoms with Crippen LogP contribution in [0.5, 0.6) is 5.75 Å². The average molecular weight is 422 g/mol. The smallest absolute Gasteiger partial charge is 0.151 e. The minimum Gasteiger partial charge on any atom is -0.507 e. The zero-order valence-electron chi connectivity index (χ0n) is 17.4. The monoisotopic (exact) mass is 421 g/mol. The summed E-state index contributed by atoms with van der Waals surface area (Å²) in [5.41, 5.74) is 2.47. The summed E-state index contributed by atoms with van der Waals surface area (Å²) < 4.78 is 0. The van der Waals surface area contributed by atoms with Gasteiger partial charge in [-0.05, 0) is 75.4 Å². The van der Waals surface area contributed by atoms with E-state index in [9.17, 15) is 5.11 Å². The Bertz CT molecular complexity index is 1050. The second-order valence-corrected chi connectivity index (χ2v) is 10.0. The normalized spacial score (nSPS) is 21.3. The summed E-state index contributed by atoms with van der Waals surface area (Å²) in [4.78, 5) is 7.63. The zero-order valence-corrected chi connectivity index (χ0v) is 18.2. The molecule has 2 fully saturated rings. The maximum absolute atomic E-state index is 10.6. The lowest BCUT2D eigenvalue weighted by Crippen LogP contribution is -2.45. The number of aromatic hydroxyl groups is 1. The van der Waals surface area contributed by atoms with Crippen LogP contribution < -0.4 is 10.2 Å². The molecule has 2 aromatic heterocycles. The standard InChI is InChI=1S/C23H27N5OS/c1-15-24-13-21(30-15)17-5-6-18(20(29)11-17)19-7-8-22(27-26-19)28-10-9-23(2,14-28)25-12-16-3-4-16/h5-8,11,13,16,25,29H,3-4,9-10,12,14H2,1-2H3/t23-/m1/s1. The maximum atomic E-state index is 10.6. The highest BCUT2D eigenvalue weighted by Crippen LogP contribution is 2.35. The lowest BCUT2D eigenvalue weighted by atomic mass is 10.0. The molecule has 3 aromatic rings. The van der Waals surface area contributed by atoms with Crippen LogP contribution in [-0.4, -0.2) is 45.5 Å². The number of thiazole rings is 1. The molecule has 2 N–H and O–H groups in total. The van der Waals surface area contributed by atoms with Crippen molar-refractivity contribution in [1.29, 1.82) is 0 Å². The van der Waals surface area contributed by atoms with Crippen molar-refractivity contribution in [3.05, 3.63) is 41.5 Å². The van der Waals surface area contributed by atoms with Crippen LogP contribution in [0.4, 0.5) is 5.82 Å². The van der Waals surface area contributed by atoms with Gasteiger partial charge in [0.15, 0.2) is 5.82 Å². The van der Waals surface area contributed by atoms with Crippen molar-refractivity contribution in [1.82, 2.24) is 20.5 Å². The van der Waals surface area contributed by atoms with Crippen LogP contribution >= 0.6 is 11.3 Å². The first-order chi connectivity index (χ1) is 14.5. The SMILES string of the molecule is Cc1ncc(-c2ccc(-c3ccc(N4CC[C@@](C)(NCC5CC5)C4)nn3)c(O)c2)s1. The summed E-state index contributed by atoms with van der Waals surface area (Å²) in [6, 6.07) is 9.62. The molecule has 156 valence electrons. The van der Waals surface area contributed by atoms with Crippen molar-refractivity contribution in [3.8, 4) is 27.4 Å². The lowest BCUT2D eigenvalue weighted by Gasteiger charge is -2.26. The highest BCUT2D eigenvalue weighted by atomic mass is 32.1. The Kier molecular flexibility index (Phi) is 4.95. The van der Waals surface area contributed by atoms with Gasteiger partial charge in [0.2, 0.25) is 0 Å². The van der Waals surface area contributed by atoms with Crippen LogP contribution in [0.3, 0.4) is 0 Å². The zero-order chi connectivity index (χ0) is 20.7. The molecule has 1 saturated heterocycles. The Morgan fingerprint density at radius 3 is 2.77 bits per heavy atom. The first-order valence-electron chi connectivity index (χ1n) is 10.6. The fourth-order valence-corrected chi connectivity index (χ4v) is 4.82. The van der Waals surface area contributed by atoms with Crippen molar-refractivity contribution in [2.24, 2.45) is 5.92 Å². The van der Waals surface area contributed by atoms with Crippen LogP contribution in [0, 0.1) is 12.8 Å². The van der Waals surface area contributed by atoms with Gasteiger partial charge in [-0.3, -0.25) is 0 Å². The van der Waals surface area contributed by atoms with Gasteiger partial charge in [0.1, 0.15) is 5.75 Å². The third kappa shape index (κ3) is 4.04. The van der Waals surface area contributed by atoms with E-state index < -0.39 is 0 Å². The molecule has 1 atom stereocenters. The Morgan fingerprint density at radius 1 is 1.23 bits per heavy atom. The van der Waals surface area contributed by atoms with E-state index in [0.717, 1.165) is 53.2 Å². The molecule has 1 saturated carbocycles. The van der Waals surface area contributed by atoms with Gasteiger partial charge in [0.05, 0.1) is 15.6 Å². The summed E-state index contributed by atoms with van der Waals surface area (Å²) in [5, 5.41) is 24.2. The van der Waals surface area contributed by atoms with Crippen molar-refractivity contribution in [3.63, 3.8) is 0 Å². The van der Waals surface area contributed by atoms with Gasteiger partial charge in [-0.25, -0.2) is 4.98 Å². The van der Waals surface area contributed by atoms with Gasteiger partial charge in [0, 0.05) is 30.4 Å². The van der Waals surface area contributed by atoms with Crippen LogP contribution in [0.2, 0.25) is 0 Å². The third-order valence-corrected chi connectivity index (χ3v) is 7.10. The van der Waals surface area contributed by atoms with Crippen LogP contribution in [-0.2, 0) is 0 Å². The molecule has 5 rings (SSSR count). The summed E-state index contributed by atoms with van der Waals surface area (Å²) in [6.07, 6.45) is 5.70. The molecule has 2 aliphatic rings. The van der Waals surface area contributed by atoms with Crippen LogP contribution in [0.15, 0.2) is 36.5 Å². The minimum absolute atomic E-state index is 0.145. The first-order valence-corrected chi connectivity index (χ1v) is 11.4. The van der Waals surface area contributed by atoms with E-state index in [-0.39, 0.29) is 11.3 Å². The first kappa shape index (κ1) is 19.5. The largest absolute Gasteiger partial charge is 0.507 e. The number of phenolic OH excluding ortho intramolecular Hbond substituents is 1. The van der Waals surface area contributed by atoms with Gasteiger partial charge in [-0.1, -0.05) is 6.07 Å². The van der Waals surface area contributed by atoms with E-state index in [1.807, 2.05) is 37.4 Å². The number of rotatable bonds is 6. The third-order valence-electron chi connectivity index (χ3n) is 6.14. The minimum atomic E-state index is 0.145. The number of hydrogen-bond acceptors (Lipinski definition) is 7. The average Bonchev–Trinajstić information content (AvgIpc) is 3.35. The fraction of sp³-hybridized carbons (Fsp3) is 0.435. The number of phenols is 1. The summed E-state index contributed by atoms with van der Waals surface area (Å²) in [5.74, 6) is 1.99. The topological polar surface area (TPSA) is 74.2 Å². The maximum Gasteiger partial charge on any atom is 0.151 e. The number of aryl methyl sites for hydroxylation is 1. The highest BCUT2D eigenvalue weighted by molar-refractivity contribution is 7.15. The fourth-order valence-electron chi connectivity index (χ4n) is 4.05. The Hall–Kier alpha value is -2.51. The number of nitrogens with one attached hydrogen (secondary N) is 1. The van der Waals surface area contributed by atoms with E-state index in [2.05, 4.69) is 32.3 Å². The molecule has 0 radical (unpaired) electrons. The molecule has 1 aromatic carbocycles. The quantitative estimate of drug-likeness (QED) is 0.620. The van der Waals surface area contributed by atoms with Crippen molar-refractivity contribution in [2.75, 3.05) is 24.5 Å². The van der Waals surface area contributed by atoms with E-state index in [4.69, 9.17) is 0 Å². The molecule has 7 heteroatoms. The number of nitrogens with zero attached hydrogens (tertiary/aromatic N) is 4. The molecule has 1 aliphatic heterocycles. The molecular formula is C23H27N5OS. The molecule has 1 aliphatic carbocycles. The van der Waals surface area contributed by atoms with E-state index in [0.29, 0.717) is 11.3 Å². The molecule has 6 nitrogen and oxygen atoms in total. The number of aromatic nitrogens is 3. The summed E-state index contributed by atoms with van der Waals surface area (Å²) >= 11 is 1.61. The van der Waals surface area contributed by atoms with Crippen molar-refractivity contribution < 1.29 is 5.11 Å². The number of benzene rings is 1. The van der Waals surface area contributed by atoms with Gasteiger partial charge in [-0.2, -0.15) is 0 Å². The van der Waals surface area contributed by atoms with Crippen molar-refractivity contribution >= 4 is 17.2 Å². The second-order valence-electron chi connectivity index (χ2n) is 8.81. The van der Waals surface area contributed by atoms with E-state index >= 15 is 0 Å². The van der Waals surface area contributed by atoms with Crippen LogP contribution in [0.1, 0.15) is 31.2 Å². The lowest BCUT2D eigenvalue weighted by molar-refractivity contribution is 0.383. The Balaban J connectivity index is 1.29. The van der Waals surface area contributed by atoms with Gasteiger partial charge in [0.25, 0.3) is 0 Å². The molecule has 0 unspecified atom stereocenters. The molecule has 0 bridgehead atoms. The highest BCUT2D eigenvalue weighted by Gasteiger charge is 2.35. The molecule has 3 heterocycles. The molecular weight excluding hydrogens is 394 g/mol. The van der Waals surface area contributed by atoms with Gasteiger partial charge >= 0.3 is 0 Å². The van der Waals surface area contributed by atoms with Gasteiger partial charge in [-0.15, -0.1) is 21.5 Å². The van der Waals surface area contributed by atoms with E-state index in [1.54, 1.807) is 17.4 Å². The predicted octanol–water partition coefficient (Wildman–Crippen LogP) is 4.25. The summed E-state index contributed by atoms with van der Waals surface area (Å²) in [6.45, 7) is 7.34. The number of anilines is 1. The number of hydrogen-bond donors (Lipinski definition) is 2. The molecule has 0 spiro atoms. The predicted molar refractivity (Wildman–Crippen MR) is 121 cm³/mol. The van der Waals surface area contributed by atoms with Crippen molar-refractivity contribution in [2.45, 2.75) is 38.6 Å². The van der Waals surface area contributed by atoms with Gasteiger partial charge < -0.3 is 15.3 Å². The molecule has 30 heavy (non-hydrogen) atoms.